The van der Waals surface area contributed by atoms with Gasteiger partial charge in [0.2, 0.25) is 5.88 Å². The third kappa shape index (κ3) is 3.59. The van der Waals surface area contributed by atoms with Crippen molar-refractivity contribution in [1.82, 2.24) is 14.5 Å². The van der Waals surface area contributed by atoms with Crippen LogP contribution < -0.4 is 4.74 Å². The molecule has 0 saturated heterocycles. The van der Waals surface area contributed by atoms with Crippen molar-refractivity contribution >= 4 is 0 Å². The van der Waals surface area contributed by atoms with Crippen LogP contribution in [0.25, 0.3) is 28.2 Å². The Bertz CT molecular complexity index is 1130. The summed E-state index contributed by atoms with van der Waals surface area (Å²) in [4.78, 5) is 8.37. The van der Waals surface area contributed by atoms with E-state index in [2.05, 4.69) is 9.97 Å². The van der Waals surface area contributed by atoms with Gasteiger partial charge in [-0.2, -0.15) is 13.2 Å². The van der Waals surface area contributed by atoms with Crippen LogP contribution in [0.3, 0.4) is 0 Å². The van der Waals surface area contributed by atoms with E-state index in [0.29, 0.717) is 11.6 Å². The first kappa shape index (κ1) is 18.7. The van der Waals surface area contributed by atoms with E-state index in [1.54, 1.807) is 30.1 Å². The van der Waals surface area contributed by atoms with Crippen LogP contribution in [0, 0.1) is 0 Å². The number of methoxy groups -OCH3 is 1. The second-order valence-electron chi connectivity index (χ2n) is 6.27. The molecule has 0 aliphatic carbocycles. The molecule has 4 nitrogen and oxygen atoms in total. The molecule has 0 spiro atoms. The first-order chi connectivity index (χ1) is 14.0. The van der Waals surface area contributed by atoms with Crippen LogP contribution in [-0.2, 0) is 6.18 Å². The van der Waals surface area contributed by atoms with Gasteiger partial charge in [0, 0.05) is 35.4 Å². The molecular formula is C22H16F3N3O. The zero-order valence-corrected chi connectivity index (χ0v) is 15.4. The number of nitrogens with zero attached hydrogens (tertiary/aromatic N) is 3. The summed E-state index contributed by atoms with van der Waals surface area (Å²) in [6.45, 7) is 0. The van der Waals surface area contributed by atoms with Gasteiger partial charge < -0.3 is 4.74 Å². The third-order valence-corrected chi connectivity index (χ3v) is 4.54. The zero-order valence-electron chi connectivity index (χ0n) is 15.4. The minimum Gasteiger partial charge on any atom is -0.481 e. The topological polar surface area (TPSA) is 39.9 Å². The molecule has 29 heavy (non-hydrogen) atoms. The second kappa shape index (κ2) is 7.43. The van der Waals surface area contributed by atoms with Gasteiger partial charge in [0.15, 0.2) is 0 Å². The van der Waals surface area contributed by atoms with E-state index < -0.39 is 11.7 Å². The maximum atomic E-state index is 13.4. The molecule has 0 aliphatic rings. The molecular weight excluding hydrogens is 379 g/mol. The van der Waals surface area contributed by atoms with Crippen molar-refractivity contribution in [2.24, 2.45) is 0 Å². The lowest BCUT2D eigenvalue weighted by Crippen LogP contribution is -2.08. The Balaban J connectivity index is 1.75. The molecule has 0 radical (unpaired) electrons. The highest BCUT2D eigenvalue weighted by Gasteiger charge is 2.34. The molecule has 0 saturated carbocycles. The van der Waals surface area contributed by atoms with Crippen molar-refractivity contribution in [2.45, 2.75) is 6.18 Å². The van der Waals surface area contributed by atoms with Gasteiger partial charge in [-0.25, -0.2) is 9.97 Å². The Morgan fingerprint density at radius 3 is 2.28 bits per heavy atom. The highest BCUT2D eigenvalue weighted by Crippen LogP contribution is 2.37. The minimum atomic E-state index is -4.46. The van der Waals surface area contributed by atoms with Crippen LogP contribution in [0.4, 0.5) is 13.2 Å². The molecule has 2 aromatic carbocycles. The average Bonchev–Trinajstić information content (AvgIpc) is 3.23. The van der Waals surface area contributed by atoms with E-state index in [4.69, 9.17) is 4.74 Å². The normalized spacial score (nSPS) is 11.4. The van der Waals surface area contributed by atoms with Gasteiger partial charge in [-0.1, -0.05) is 30.3 Å². The summed E-state index contributed by atoms with van der Waals surface area (Å²) < 4.78 is 47.2. The summed E-state index contributed by atoms with van der Waals surface area (Å²) in [5.74, 6) is 0.729. The molecule has 7 heteroatoms. The van der Waals surface area contributed by atoms with Gasteiger partial charge >= 0.3 is 6.18 Å². The predicted octanol–water partition coefficient (Wildman–Crippen LogP) is 5.63. The van der Waals surface area contributed by atoms with Gasteiger partial charge in [0.05, 0.1) is 12.7 Å². The van der Waals surface area contributed by atoms with Gasteiger partial charge in [-0.15, -0.1) is 0 Å². The number of hydrogen-bond acceptors (Lipinski definition) is 3. The monoisotopic (exact) mass is 395 g/mol. The smallest absolute Gasteiger partial charge is 0.417 e. The Kier molecular flexibility index (Phi) is 4.80. The molecule has 146 valence electrons. The molecule has 4 rings (SSSR count). The number of halogens is 3. The van der Waals surface area contributed by atoms with Crippen LogP contribution in [0.2, 0.25) is 0 Å². The molecule has 0 N–H and O–H groups in total. The van der Waals surface area contributed by atoms with Gasteiger partial charge in [-0.3, -0.25) is 4.57 Å². The second-order valence-corrected chi connectivity index (χ2v) is 6.27. The standard InChI is InChI=1S/C22H16F3N3O/c1-29-21-17(6-4-12-27-21)15-8-10-16(11-9-15)28-14-13-26-20(28)18-5-2-3-7-19(18)22(23,24)25/h2-14H,1H3. The summed E-state index contributed by atoms with van der Waals surface area (Å²) in [6, 6.07) is 16.5. The number of hydrogen-bond donors (Lipinski definition) is 0. The summed E-state index contributed by atoms with van der Waals surface area (Å²) >= 11 is 0. The Hall–Kier alpha value is -3.61. The molecule has 2 heterocycles. The Morgan fingerprint density at radius 2 is 1.55 bits per heavy atom. The highest BCUT2D eigenvalue weighted by molar-refractivity contribution is 5.70. The van der Waals surface area contributed by atoms with E-state index in [1.165, 1.54) is 18.3 Å². The molecule has 4 aromatic rings. The van der Waals surface area contributed by atoms with Crippen LogP contribution >= 0.6 is 0 Å². The molecule has 0 unspecified atom stereocenters. The Morgan fingerprint density at radius 1 is 0.828 bits per heavy atom. The van der Waals surface area contributed by atoms with E-state index in [0.717, 1.165) is 17.2 Å². The minimum absolute atomic E-state index is 0.0306. The predicted molar refractivity (Wildman–Crippen MR) is 104 cm³/mol. The summed E-state index contributed by atoms with van der Waals surface area (Å²) in [5, 5.41) is 0. The van der Waals surface area contributed by atoms with E-state index >= 15 is 0 Å². The number of rotatable bonds is 4. The maximum Gasteiger partial charge on any atom is 0.417 e. The molecule has 0 fully saturated rings. The Labute approximate surface area is 165 Å². The maximum absolute atomic E-state index is 13.4. The molecule has 0 bridgehead atoms. The van der Waals surface area contributed by atoms with Gasteiger partial charge in [0.25, 0.3) is 0 Å². The fraction of sp³-hybridized carbons (Fsp3) is 0.0909. The van der Waals surface area contributed by atoms with Crippen LogP contribution in [0.5, 0.6) is 5.88 Å². The lowest BCUT2D eigenvalue weighted by Gasteiger charge is -2.14. The number of benzene rings is 2. The zero-order chi connectivity index (χ0) is 20.4. The SMILES string of the molecule is COc1ncccc1-c1ccc(-n2ccnc2-c2ccccc2C(F)(F)F)cc1. The third-order valence-electron chi connectivity index (χ3n) is 4.54. The largest absolute Gasteiger partial charge is 0.481 e. The first-order valence-electron chi connectivity index (χ1n) is 8.79. The average molecular weight is 395 g/mol. The van der Waals surface area contributed by atoms with Crippen molar-refractivity contribution in [2.75, 3.05) is 7.11 Å². The fourth-order valence-electron chi connectivity index (χ4n) is 3.21. The van der Waals surface area contributed by atoms with Crippen LogP contribution in [-0.4, -0.2) is 21.6 Å². The summed E-state index contributed by atoms with van der Waals surface area (Å²) in [5.41, 5.74) is 1.72. The van der Waals surface area contributed by atoms with E-state index in [1.807, 2.05) is 36.4 Å². The number of aromatic nitrogens is 3. The lowest BCUT2D eigenvalue weighted by molar-refractivity contribution is -0.137. The van der Waals surface area contributed by atoms with Gasteiger partial charge in [-0.05, 0) is 35.9 Å². The van der Waals surface area contributed by atoms with Crippen molar-refractivity contribution < 1.29 is 17.9 Å². The van der Waals surface area contributed by atoms with Gasteiger partial charge in [0.1, 0.15) is 5.82 Å². The molecule has 2 aromatic heterocycles. The molecule has 0 amide bonds. The summed E-state index contributed by atoms with van der Waals surface area (Å²) in [6.07, 6.45) is 0.309. The lowest BCUT2D eigenvalue weighted by atomic mass is 10.1. The van der Waals surface area contributed by atoms with Crippen molar-refractivity contribution in [3.8, 4) is 34.1 Å². The quantitative estimate of drug-likeness (QED) is 0.450. The number of pyridine rings is 1. The van der Waals surface area contributed by atoms with E-state index in [9.17, 15) is 13.2 Å². The number of ether oxygens (including phenoxy) is 1. The molecule has 0 atom stereocenters. The molecule has 0 aliphatic heterocycles. The summed E-state index contributed by atoms with van der Waals surface area (Å²) in [7, 11) is 1.55. The van der Waals surface area contributed by atoms with Crippen molar-refractivity contribution in [3.63, 3.8) is 0 Å². The first-order valence-corrected chi connectivity index (χ1v) is 8.79. The number of imidazole rings is 1. The van der Waals surface area contributed by atoms with Crippen molar-refractivity contribution in [3.05, 3.63) is 84.8 Å². The van der Waals surface area contributed by atoms with Crippen molar-refractivity contribution in [1.29, 1.82) is 0 Å². The van der Waals surface area contributed by atoms with Crippen LogP contribution in [0.1, 0.15) is 5.56 Å². The highest BCUT2D eigenvalue weighted by atomic mass is 19.4. The fourth-order valence-corrected chi connectivity index (χ4v) is 3.21. The van der Waals surface area contributed by atoms with Crippen LogP contribution in [0.15, 0.2) is 79.3 Å². The number of alkyl halides is 3. The van der Waals surface area contributed by atoms with E-state index in [-0.39, 0.29) is 11.4 Å².